The minimum absolute atomic E-state index is 0.331. The van der Waals surface area contributed by atoms with Crippen molar-refractivity contribution in [3.05, 3.63) is 34.9 Å². The summed E-state index contributed by atoms with van der Waals surface area (Å²) in [5, 5.41) is 19.5. The van der Waals surface area contributed by atoms with Crippen LogP contribution in [0.2, 0.25) is 0 Å². The van der Waals surface area contributed by atoms with E-state index in [2.05, 4.69) is 52.8 Å². The third-order valence-corrected chi connectivity index (χ3v) is 7.76. The van der Waals surface area contributed by atoms with E-state index in [4.69, 9.17) is 5.11 Å². The van der Waals surface area contributed by atoms with Crippen molar-refractivity contribution in [3.8, 4) is 0 Å². The molecule has 0 aromatic carbocycles. The molecule has 0 saturated heterocycles. The first-order valence-corrected chi connectivity index (χ1v) is 12.9. The van der Waals surface area contributed by atoms with Crippen molar-refractivity contribution >= 4 is 5.97 Å². The van der Waals surface area contributed by atoms with Crippen LogP contribution in [0.25, 0.3) is 0 Å². The topological polar surface area (TPSA) is 57.5 Å². The van der Waals surface area contributed by atoms with E-state index >= 15 is 0 Å². The van der Waals surface area contributed by atoms with Crippen molar-refractivity contribution in [1.29, 1.82) is 0 Å². The van der Waals surface area contributed by atoms with Gasteiger partial charge in [-0.3, -0.25) is 4.79 Å². The fourth-order valence-electron chi connectivity index (χ4n) is 4.62. The molecule has 32 heavy (non-hydrogen) atoms. The number of carbonyl (C=O) groups is 1. The molecule has 1 rings (SSSR count). The van der Waals surface area contributed by atoms with Gasteiger partial charge in [-0.25, -0.2) is 0 Å². The Morgan fingerprint density at radius 1 is 1.09 bits per heavy atom. The van der Waals surface area contributed by atoms with Crippen LogP contribution in [0, 0.1) is 23.7 Å². The highest BCUT2D eigenvalue weighted by Gasteiger charge is 2.22. The van der Waals surface area contributed by atoms with Gasteiger partial charge in [-0.1, -0.05) is 69.1 Å². The van der Waals surface area contributed by atoms with Gasteiger partial charge in [0.1, 0.15) is 0 Å². The van der Waals surface area contributed by atoms with Gasteiger partial charge in [0, 0.05) is 0 Å². The molecule has 0 fully saturated rings. The number of rotatable bonds is 15. The summed E-state index contributed by atoms with van der Waals surface area (Å²) in [6, 6.07) is 0. The van der Waals surface area contributed by atoms with Crippen molar-refractivity contribution in [2.24, 2.45) is 23.7 Å². The van der Waals surface area contributed by atoms with Crippen LogP contribution in [0.3, 0.4) is 0 Å². The van der Waals surface area contributed by atoms with Crippen molar-refractivity contribution < 1.29 is 15.0 Å². The van der Waals surface area contributed by atoms with Gasteiger partial charge in [-0.05, 0) is 96.3 Å². The third-order valence-electron chi connectivity index (χ3n) is 7.76. The molecule has 1 aliphatic carbocycles. The first kappa shape index (κ1) is 28.7. The standard InChI is InChI=1S/C29H50O3/c1-21(13-9-19-29(7,32)20-10-14-24(4)28(30)31)11-8-12-22(2)15-17-27-18-16-23(3)25(5)26(27)6/h13,16,18,22,24-26,32H,8-12,14-15,17,19-20H2,1-7H3,(H,30,31)/b21-13+. The molecule has 0 aliphatic heterocycles. The van der Waals surface area contributed by atoms with E-state index in [0.29, 0.717) is 24.7 Å². The van der Waals surface area contributed by atoms with E-state index in [0.717, 1.165) is 31.6 Å². The summed E-state index contributed by atoms with van der Waals surface area (Å²) < 4.78 is 0. The monoisotopic (exact) mass is 446 g/mol. The van der Waals surface area contributed by atoms with Gasteiger partial charge in [0.2, 0.25) is 0 Å². The second kappa shape index (κ2) is 14.0. The normalized spacial score (nSPS) is 23.2. The first-order chi connectivity index (χ1) is 14.9. The highest BCUT2D eigenvalue weighted by atomic mass is 16.4. The zero-order valence-electron chi connectivity index (χ0n) is 21.9. The van der Waals surface area contributed by atoms with Crippen molar-refractivity contribution in [1.82, 2.24) is 0 Å². The molecule has 5 atom stereocenters. The Kier molecular flexibility index (Phi) is 12.6. The Morgan fingerprint density at radius 3 is 2.44 bits per heavy atom. The number of aliphatic carboxylic acids is 1. The second-order valence-electron chi connectivity index (χ2n) is 11.0. The molecule has 3 nitrogen and oxygen atoms in total. The van der Waals surface area contributed by atoms with Gasteiger partial charge in [0.15, 0.2) is 0 Å². The third kappa shape index (κ3) is 11.0. The molecule has 0 aromatic rings. The number of allylic oxidation sites excluding steroid dienone is 6. The smallest absolute Gasteiger partial charge is 0.306 e. The summed E-state index contributed by atoms with van der Waals surface area (Å²) in [6.45, 7) is 15.2. The zero-order valence-corrected chi connectivity index (χ0v) is 21.9. The minimum atomic E-state index is -0.750. The second-order valence-corrected chi connectivity index (χ2v) is 11.0. The SMILES string of the molecule is CC1=CC=C(CCC(C)CCC/C(C)=C/CCC(C)(O)CCCC(C)C(=O)O)C(C)C1C. The molecule has 3 heteroatoms. The fourth-order valence-corrected chi connectivity index (χ4v) is 4.62. The predicted molar refractivity (Wildman–Crippen MR) is 137 cm³/mol. The molecule has 2 N–H and O–H groups in total. The number of aliphatic hydroxyl groups is 1. The van der Waals surface area contributed by atoms with Crippen LogP contribution in [0.15, 0.2) is 34.9 Å². The lowest BCUT2D eigenvalue weighted by Gasteiger charge is -2.28. The number of hydrogen-bond acceptors (Lipinski definition) is 2. The van der Waals surface area contributed by atoms with Crippen LogP contribution >= 0.6 is 0 Å². The Labute approximate surface area is 198 Å². The van der Waals surface area contributed by atoms with Crippen LogP contribution in [-0.4, -0.2) is 21.8 Å². The fraction of sp³-hybridized carbons (Fsp3) is 0.759. The molecule has 1 aliphatic rings. The molecule has 0 aromatic heterocycles. The summed E-state index contributed by atoms with van der Waals surface area (Å²) in [5.74, 6) is 1.03. The van der Waals surface area contributed by atoms with E-state index in [-0.39, 0.29) is 5.92 Å². The molecule has 5 unspecified atom stereocenters. The lowest BCUT2D eigenvalue weighted by molar-refractivity contribution is -0.141. The van der Waals surface area contributed by atoms with Gasteiger partial charge >= 0.3 is 5.97 Å². The molecule has 0 saturated carbocycles. The largest absolute Gasteiger partial charge is 0.481 e. The maximum atomic E-state index is 10.9. The van der Waals surface area contributed by atoms with Gasteiger partial charge in [-0.2, -0.15) is 0 Å². The number of carboxylic acids is 1. The van der Waals surface area contributed by atoms with E-state index in [1.54, 1.807) is 12.5 Å². The molecular weight excluding hydrogens is 396 g/mol. The van der Waals surface area contributed by atoms with Crippen LogP contribution in [0.5, 0.6) is 0 Å². The summed E-state index contributed by atoms with van der Waals surface area (Å²) in [7, 11) is 0. The average Bonchev–Trinajstić information content (AvgIpc) is 2.71. The molecule has 0 heterocycles. The molecule has 0 spiro atoms. The highest BCUT2D eigenvalue weighted by molar-refractivity contribution is 5.69. The Hall–Kier alpha value is -1.35. The number of hydrogen-bond donors (Lipinski definition) is 2. The number of carboxylic acid groups (broad SMARTS) is 1. The first-order valence-electron chi connectivity index (χ1n) is 12.9. The zero-order chi connectivity index (χ0) is 24.3. The molecular formula is C29H50O3. The Balaban J connectivity index is 2.23. The highest BCUT2D eigenvalue weighted by Crippen LogP contribution is 2.34. The molecule has 184 valence electrons. The van der Waals surface area contributed by atoms with Gasteiger partial charge < -0.3 is 10.2 Å². The molecule has 0 bridgehead atoms. The summed E-state index contributed by atoms with van der Waals surface area (Å²) in [4.78, 5) is 10.9. The van der Waals surface area contributed by atoms with E-state index in [9.17, 15) is 9.90 Å². The Bertz CT molecular complexity index is 668. The van der Waals surface area contributed by atoms with Crippen LogP contribution < -0.4 is 0 Å². The average molecular weight is 447 g/mol. The maximum absolute atomic E-state index is 10.9. The van der Waals surface area contributed by atoms with Crippen LogP contribution in [-0.2, 0) is 4.79 Å². The van der Waals surface area contributed by atoms with Gasteiger partial charge in [0.05, 0.1) is 11.5 Å². The maximum Gasteiger partial charge on any atom is 0.306 e. The Morgan fingerprint density at radius 2 is 1.78 bits per heavy atom. The van der Waals surface area contributed by atoms with Gasteiger partial charge in [-0.15, -0.1) is 0 Å². The summed E-state index contributed by atoms with van der Waals surface area (Å²) in [5.41, 5.74) is 3.84. The molecule has 0 amide bonds. The van der Waals surface area contributed by atoms with Crippen molar-refractivity contribution in [2.75, 3.05) is 0 Å². The van der Waals surface area contributed by atoms with Crippen LogP contribution in [0.4, 0.5) is 0 Å². The summed E-state index contributed by atoms with van der Waals surface area (Å²) in [6.07, 6.45) is 16.8. The molecule has 0 radical (unpaired) electrons. The van der Waals surface area contributed by atoms with E-state index < -0.39 is 11.6 Å². The van der Waals surface area contributed by atoms with Gasteiger partial charge in [0.25, 0.3) is 0 Å². The lowest BCUT2D eigenvalue weighted by Crippen LogP contribution is -2.24. The van der Waals surface area contributed by atoms with Crippen LogP contribution in [0.1, 0.15) is 113 Å². The lowest BCUT2D eigenvalue weighted by atomic mass is 9.78. The quantitative estimate of drug-likeness (QED) is 0.250. The van der Waals surface area contributed by atoms with E-state index in [1.165, 1.54) is 36.8 Å². The van der Waals surface area contributed by atoms with E-state index in [1.807, 2.05) is 6.92 Å². The minimum Gasteiger partial charge on any atom is -0.481 e. The summed E-state index contributed by atoms with van der Waals surface area (Å²) >= 11 is 0. The van der Waals surface area contributed by atoms with Crippen molar-refractivity contribution in [3.63, 3.8) is 0 Å². The van der Waals surface area contributed by atoms with Crippen molar-refractivity contribution in [2.45, 2.75) is 118 Å². The predicted octanol–water partition coefficient (Wildman–Crippen LogP) is 8.10.